The van der Waals surface area contributed by atoms with E-state index in [2.05, 4.69) is 11.9 Å². The lowest BCUT2D eigenvalue weighted by atomic mass is 10.1. The SMILES string of the molecule is CCCC(CC(=O)OCC)=NC. The summed E-state index contributed by atoms with van der Waals surface area (Å²) in [4.78, 5) is 15.0. The Hall–Kier alpha value is -0.860. The summed E-state index contributed by atoms with van der Waals surface area (Å²) in [5, 5.41) is 0. The number of ether oxygens (including phenoxy) is 1. The Morgan fingerprint density at radius 3 is 2.50 bits per heavy atom. The molecule has 0 N–H and O–H groups in total. The molecule has 0 heterocycles. The average molecular weight is 171 g/mol. The molecule has 0 aliphatic rings. The molecule has 12 heavy (non-hydrogen) atoms. The van der Waals surface area contributed by atoms with Gasteiger partial charge in [0.1, 0.15) is 0 Å². The third-order valence-corrected chi connectivity index (χ3v) is 1.51. The second-order valence-electron chi connectivity index (χ2n) is 2.52. The van der Waals surface area contributed by atoms with Gasteiger partial charge in [-0.2, -0.15) is 0 Å². The van der Waals surface area contributed by atoms with E-state index >= 15 is 0 Å². The van der Waals surface area contributed by atoms with Crippen LogP contribution in [-0.2, 0) is 9.53 Å². The molecule has 0 atom stereocenters. The number of carbonyl (C=O) groups excluding carboxylic acids is 1. The summed E-state index contributed by atoms with van der Waals surface area (Å²) in [7, 11) is 1.71. The molecule has 3 nitrogen and oxygen atoms in total. The van der Waals surface area contributed by atoms with Crippen molar-refractivity contribution < 1.29 is 9.53 Å². The van der Waals surface area contributed by atoms with Crippen molar-refractivity contribution in [2.24, 2.45) is 4.99 Å². The summed E-state index contributed by atoms with van der Waals surface area (Å²) in [5.74, 6) is -0.174. The predicted molar refractivity (Wildman–Crippen MR) is 49.5 cm³/mol. The van der Waals surface area contributed by atoms with Gasteiger partial charge in [0.2, 0.25) is 0 Å². The molecule has 0 radical (unpaired) electrons. The molecule has 3 heteroatoms. The third kappa shape index (κ3) is 4.88. The topological polar surface area (TPSA) is 38.7 Å². The van der Waals surface area contributed by atoms with Crippen LogP contribution in [0.2, 0.25) is 0 Å². The molecule has 0 aromatic heterocycles. The van der Waals surface area contributed by atoms with Gasteiger partial charge in [0.25, 0.3) is 0 Å². The number of esters is 1. The lowest BCUT2D eigenvalue weighted by molar-refractivity contribution is -0.141. The zero-order valence-corrected chi connectivity index (χ0v) is 8.09. The minimum atomic E-state index is -0.174. The van der Waals surface area contributed by atoms with E-state index in [1.165, 1.54) is 0 Å². The molecular formula is C9H17NO2. The van der Waals surface area contributed by atoms with Crippen molar-refractivity contribution in [2.45, 2.75) is 33.1 Å². The van der Waals surface area contributed by atoms with Crippen molar-refractivity contribution in [2.75, 3.05) is 13.7 Å². The molecule has 0 saturated carbocycles. The van der Waals surface area contributed by atoms with Crippen LogP contribution in [0.25, 0.3) is 0 Å². The first-order chi connectivity index (χ1) is 5.74. The van der Waals surface area contributed by atoms with E-state index in [1.54, 1.807) is 14.0 Å². The van der Waals surface area contributed by atoms with E-state index in [0.29, 0.717) is 13.0 Å². The van der Waals surface area contributed by atoms with E-state index in [9.17, 15) is 4.79 Å². The minimum Gasteiger partial charge on any atom is -0.466 e. The molecular weight excluding hydrogens is 154 g/mol. The number of hydrogen-bond donors (Lipinski definition) is 0. The zero-order valence-electron chi connectivity index (χ0n) is 8.09. The quantitative estimate of drug-likeness (QED) is 0.467. The molecule has 0 aliphatic carbocycles. The number of nitrogens with zero attached hydrogens (tertiary/aromatic N) is 1. The second kappa shape index (κ2) is 6.83. The molecule has 0 aromatic rings. The van der Waals surface area contributed by atoms with E-state index in [-0.39, 0.29) is 5.97 Å². The van der Waals surface area contributed by atoms with Gasteiger partial charge in [-0.3, -0.25) is 9.79 Å². The minimum absolute atomic E-state index is 0.174. The van der Waals surface area contributed by atoms with Gasteiger partial charge >= 0.3 is 5.97 Å². The Balaban J connectivity index is 3.78. The summed E-state index contributed by atoms with van der Waals surface area (Å²) in [6, 6.07) is 0. The van der Waals surface area contributed by atoms with Crippen molar-refractivity contribution >= 4 is 11.7 Å². The maximum Gasteiger partial charge on any atom is 0.311 e. The maximum absolute atomic E-state index is 11.0. The highest BCUT2D eigenvalue weighted by atomic mass is 16.5. The summed E-state index contributed by atoms with van der Waals surface area (Å²) in [6.45, 7) is 4.32. The molecule has 0 bridgehead atoms. The normalized spacial score (nSPS) is 11.4. The highest BCUT2D eigenvalue weighted by molar-refractivity contribution is 5.98. The Bertz CT molecular complexity index is 164. The van der Waals surface area contributed by atoms with Crippen LogP contribution in [0, 0.1) is 0 Å². The van der Waals surface area contributed by atoms with Gasteiger partial charge in [0.05, 0.1) is 13.0 Å². The van der Waals surface area contributed by atoms with E-state index in [0.717, 1.165) is 18.6 Å². The van der Waals surface area contributed by atoms with Gasteiger partial charge in [-0.1, -0.05) is 13.3 Å². The smallest absolute Gasteiger partial charge is 0.311 e. The van der Waals surface area contributed by atoms with Gasteiger partial charge in [0.15, 0.2) is 0 Å². The van der Waals surface area contributed by atoms with Crippen LogP contribution in [0.1, 0.15) is 33.1 Å². The third-order valence-electron chi connectivity index (χ3n) is 1.51. The first kappa shape index (κ1) is 11.1. The van der Waals surface area contributed by atoms with E-state index in [1.807, 2.05) is 0 Å². The van der Waals surface area contributed by atoms with Gasteiger partial charge < -0.3 is 4.74 Å². The first-order valence-electron chi connectivity index (χ1n) is 4.34. The molecule has 0 saturated heterocycles. The van der Waals surface area contributed by atoms with Crippen LogP contribution in [0.3, 0.4) is 0 Å². The van der Waals surface area contributed by atoms with Crippen molar-refractivity contribution in [3.05, 3.63) is 0 Å². The lowest BCUT2D eigenvalue weighted by Crippen LogP contribution is -2.10. The van der Waals surface area contributed by atoms with Gasteiger partial charge in [0, 0.05) is 12.8 Å². The van der Waals surface area contributed by atoms with Crippen molar-refractivity contribution in [1.29, 1.82) is 0 Å². The summed E-state index contributed by atoms with van der Waals surface area (Å²) in [6.07, 6.45) is 2.25. The van der Waals surface area contributed by atoms with Crippen LogP contribution in [0.5, 0.6) is 0 Å². The van der Waals surface area contributed by atoms with E-state index < -0.39 is 0 Å². The van der Waals surface area contributed by atoms with Crippen molar-refractivity contribution in [1.82, 2.24) is 0 Å². The fraction of sp³-hybridized carbons (Fsp3) is 0.778. The fourth-order valence-corrected chi connectivity index (χ4v) is 0.946. The maximum atomic E-state index is 11.0. The number of carbonyl (C=O) groups is 1. The zero-order chi connectivity index (χ0) is 9.40. The molecule has 0 fully saturated rings. The Kier molecular flexibility index (Phi) is 6.34. The second-order valence-corrected chi connectivity index (χ2v) is 2.52. The van der Waals surface area contributed by atoms with Crippen LogP contribution < -0.4 is 0 Å². The molecule has 0 spiro atoms. The molecule has 0 amide bonds. The van der Waals surface area contributed by atoms with Crippen LogP contribution >= 0.6 is 0 Å². The molecule has 0 aliphatic heterocycles. The molecule has 70 valence electrons. The highest BCUT2D eigenvalue weighted by Crippen LogP contribution is 1.98. The predicted octanol–water partition coefficient (Wildman–Crippen LogP) is 1.81. The first-order valence-corrected chi connectivity index (χ1v) is 4.34. The Morgan fingerprint density at radius 1 is 1.42 bits per heavy atom. The largest absolute Gasteiger partial charge is 0.466 e. The van der Waals surface area contributed by atoms with Crippen molar-refractivity contribution in [3.8, 4) is 0 Å². The fourth-order valence-electron chi connectivity index (χ4n) is 0.946. The number of aliphatic imine (C=N–C) groups is 1. The van der Waals surface area contributed by atoms with Gasteiger partial charge in [-0.25, -0.2) is 0 Å². The summed E-state index contributed by atoms with van der Waals surface area (Å²) >= 11 is 0. The monoisotopic (exact) mass is 171 g/mol. The molecule has 0 aromatic carbocycles. The Labute approximate surface area is 73.8 Å². The van der Waals surface area contributed by atoms with Crippen LogP contribution in [0.4, 0.5) is 0 Å². The summed E-state index contributed by atoms with van der Waals surface area (Å²) in [5.41, 5.74) is 0.927. The standard InChI is InChI=1S/C9H17NO2/c1-4-6-8(10-3)7-9(11)12-5-2/h4-7H2,1-3H3. The van der Waals surface area contributed by atoms with Crippen LogP contribution in [0.15, 0.2) is 4.99 Å². The van der Waals surface area contributed by atoms with Gasteiger partial charge in [-0.05, 0) is 13.3 Å². The molecule has 0 unspecified atom stereocenters. The number of rotatable bonds is 5. The molecule has 0 rings (SSSR count). The highest BCUT2D eigenvalue weighted by Gasteiger charge is 2.05. The average Bonchev–Trinajstić information content (AvgIpc) is 2.04. The van der Waals surface area contributed by atoms with Crippen molar-refractivity contribution in [3.63, 3.8) is 0 Å². The van der Waals surface area contributed by atoms with Crippen LogP contribution in [-0.4, -0.2) is 25.3 Å². The Morgan fingerprint density at radius 2 is 2.08 bits per heavy atom. The lowest BCUT2D eigenvalue weighted by Gasteiger charge is -2.03. The summed E-state index contributed by atoms with van der Waals surface area (Å²) < 4.78 is 4.80. The number of hydrogen-bond acceptors (Lipinski definition) is 3. The van der Waals surface area contributed by atoms with Gasteiger partial charge in [-0.15, -0.1) is 0 Å². The van der Waals surface area contributed by atoms with E-state index in [4.69, 9.17) is 4.74 Å².